The molecule has 0 aliphatic carbocycles. The number of aryl methyl sites for hydroxylation is 2. The molecule has 3 aromatic rings. The number of benzene rings is 3. The van der Waals surface area contributed by atoms with Crippen molar-refractivity contribution in [3.05, 3.63) is 82.9 Å². The van der Waals surface area contributed by atoms with Crippen LogP contribution in [-0.2, 0) is 20.2 Å². The van der Waals surface area contributed by atoms with Crippen LogP contribution in [0.5, 0.6) is 11.5 Å². The van der Waals surface area contributed by atoms with E-state index in [2.05, 4.69) is 26.1 Å². The Morgan fingerprint density at radius 3 is 2.36 bits per heavy atom. The van der Waals surface area contributed by atoms with E-state index in [-0.39, 0.29) is 28.8 Å². The van der Waals surface area contributed by atoms with Gasteiger partial charge in [-0.05, 0) is 72.7 Å². The van der Waals surface area contributed by atoms with Gasteiger partial charge in [-0.15, -0.1) is 0 Å². The number of nitrogens with one attached hydrogen (secondary N) is 1. The average molecular weight is 551 g/mol. The Hall–Kier alpha value is -3.52. The van der Waals surface area contributed by atoms with E-state index >= 15 is 0 Å². The van der Waals surface area contributed by atoms with Crippen molar-refractivity contribution < 1.29 is 22.7 Å². The van der Waals surface area contributed by atoms with E-state index in [1.807, 2.05) is 51.1 Å². The van der Waals surface area contributed by atoms with E-state index in [1.54, 1.807) is 37.4 Å². The van der Waals surface area contributed by atoms with Gasteiger partial charge in [-0.1, -0.05) is 63.6 Å². The van der Waals surface area contributed by atoms with Crippen molar-refractivity contribution >= 4 is 21.6 Å². The number of methoxy groups -OCH3 is 1. The fourth-order valence-corrected chi connectivity index (χ4v) is 6.19. The van der Waals surface area contributed by atoms with Crippen LogP contribution in [0.15, 0.2) is 65.6 Å². The van der Waals surface area contributed by atoms with Gasteiger partial charge in [0.1, 0.15) is 11.5 Å². The second-order valence-corrected chi connectivity index (χ2v) is 12.9. The number of sulfonamides is 1. The lowest BCUT2D eigenvalue weighted by atomic mass is 9.86. The first-order chi connectivity index (χ1) is 18.3. The van der Waals surface area contributed by atoms with Crippen molar-refractivity contribution in [2.45, 2.75) is 70.4 Å². The molecule has 1 aliphatic rings. The summed E-state index contributed by atoms with van der Waals surface area (Å²) in [6.45, 7) is 11.9. The third kappa shape index (κ3) is 5.91. The topological polar surface area (TPSA) is 84.9 Å². The lowest BCUT2D eigenvalue weighted by molar-refractivity contribution is -0.128. The van der Waals surface area contributed by atoms with Crippen molar-refractivity contribution in [3.8, 4) is 11.5 Å². The van der Waals surface area contributed by atoms with Gasteiger partial charge in [-0.2, -0.15) is 0 Å². The van der Waals surface area contributed by atoms with Crippen LogP contribution in [0.3, 0.4) is 0 Å². The van der Waals surface area contributed by atoms with Crippen LogP contribution in [0.2, 0.25) is 0 Å². The monoisotopic (exact) mass is 550 g/mol. The van der Waals surface area contributed by atoms with E-state index < -0.39 is 16.1 Å². The van der Waals surface area contributed by atoms with Crippen LogP contribution in [0.25, 0.3) is 0 Å². The summed E-state index contributed by atoms with van der Waals surface area (Å²) >= 11 is 0. The van der Waals surface area contributed by atoms with Crippen LogP contribution in [0, 0.1) is 13.8 Å². The fraction of sp³-hybridized carbons (Fsp3) is 0.387. The zero-order chi connectivity index (χ0) is 28.5. The maximum absolute atomic E-state index is 13.9. The van der Waals surface area contributed by atoms with Gasteiger partial charge in [0, 0.05) is 0 Å². The smallest absolute Gasteiger partial charge is 0.264 e. The third-order valence-electron chi connectivity index (χ3n) is 7.14. The summed E-state index contributed by atoms with van der Waals surface area (Å²) in [5, 5.41) is 3.08. The second-order valence-electron chi connectivity index (χ2n) is 11.1. The van der Waals surface area contributed by atoms with Crippen molar-refractivity contribution in [3.63, 3.8) is 0 Å². The minimum Gasteiger partial charge on any atom is -0.496 e. The van der Waals surface area contributed by atoms with Crippen molar-refractivity contribution in [1.82, 2.24) is 5.32 Å². The fourth-order valence-electron chi connectivity index (χ4n) is 4.72. The number of rotatable bonds is 7. The molecule has 1 amide bonds. The zero-order valence-electron chi connectivity index (χ0n) is 23.7. The number of carbonyl (C=O) groups excluding carboxylic acids is 1. The molecule has 39 heavy (non-hydrogen) atoms. The van der Waals surface area contributed by atoms with Gasteiger partial charge in [-0.3, -0.25) is 9.10 Å². The molecular formula is C31H38N2O5S. The van der Waals surface area contributed by atoms with E-state index in [0.717, 1.165) is 28.0 Å². The lowest BCUT2D eigenvalue weighted by Crippen LogP contribution is -2.51. The van der Waals surface area contributed by atoms with Gasteiger partial charge >= 0.3 is 0 Å². The number of ether oxygens (including phenoxy) is 2. The predicted molar refractivity (Wildman–Crippen MR) is 154 cm³/mol. The highest BCUT2D eigenvalue weighted by Crippen LogP contribution is 2.40. The van der Waals surface area contributed by atoms with Gasteiger partial charge in [0.25, 0.3) is 15.9 Å². The molecule has 0 fully saturated rings. The van der Waals surface area contributed by atoms with Gasteiger partial charge in [-0.25, -0.2) is 8.42 Å². The molecule has 0 saturated heterocycles. The Labute approximate surface area is 232 Å². The van der Waals surface area contributed by atoms with Gasteiger partial charge in [0.05, 0.1) is 30.3 Å². The molecule has 0 bridgehead atoms. The first kappa shape index (κ1) is 28.5. The normalized spacial score (nSPS) is 16.2. The lowest BCUT2D eigenvalue weighted by Gasteiger charge is -2.36. The molecule has 0 saturated carbocycles. The molecule has 3 aromatic carbocycles. The van der Waals surface area contributed by atoms with Crippen LogP contribution in [0.1, 0.15) is 62.4 Å². The number of carbonyl (C=O) groups is 1. The molecule has 7 nitrogen and oxygen atoms in total. The van der Waals surface area contributed by atoms with Crippen molar-refractivity contribution in [1.29, 1.82) is 0 Å². The zero-order valence-corrected chi connectivity index (χ0v) is 24.6. The van der Waals surface area contributed by atoms with Crippen molar-refractivity contribution in [2.24, 2.45) is 0 Å². The molecule has 2 atom stereocenters. The number of hydrogen-bond acceptors (Lipinski definition) is 5. The number of nitrogens with zero attached hydrogens (tertiary/aromatic N) is 1. The minimum absolute atomic E-state index is 0.138. The summed E-state index contributed by atoms with van der Waals surface area (Å²) in [5.74, 6) is 0.766. The first-order valence-electron chi connectivity index (χ1n) is 13.2. The van der Waals surface area contributed by atoms with Gasteiger partial charge in [0.2, 0.25) is 0 Å². The standard InChI is InChI=1S/C31H38N2O5S/c1-8-25(22-11-15-27(37-7)21(3)17-22)32-30(34)29-19-33(39(35,36)24-13-9-20(2)10-14-24)26-18-23(31(4,5)6)12-16-28(26)38-29/h9-18,25,29H,8,19H2,1-7H3,(H,32,34)/t25-,29+/m0/s1. The van der Waals surface area contributed by atoms with E-state index in [4.69, 9.17) is 9.47 Å². The SMILES string of the molecule is CC[C@H](NC(=O)[C@H]1CN(S(=O)(=O)c2ccc(C)cc2)c2cc(C(C)(C)C)ccc2O1)c1ccc(OC)c(C)c1. The molecule has 0 aromatic heterocycles. The molecule has 1 heterocycles. The number of hydrogen-bond donors (Lipinski definition) is 1. The highest BCUT2D eigenvalue weighted by molar-refractivity contribution is 7.92. The second kappa shape index (κ2) is 10.9. The molecule has 8 heteroatoms. The Morgan fingerprint density at radius 2 is 1.77 bits per heavy atom. The molecule has 208 valence electrons. The number of amides is 1. The molecule has 4 rings (SSSR count). The summed E-state index contributed by atoms with van der Waals surface area (Å²) in [6.07, 6.45) is -0.368. The summed E-state index contributed by atoms with van der Waals surface area (Å²) < 4.78 is 40.7. The van der Waals surface area contributed by atoms with Gasteiger partial charge in [0.15, 0.2) is 6.10 Å². The Kier molecular flexibility index (Phi) is 7.98. The Balaban J connectivity index is 1.69. The summed E-state index contributed by atoms with van der Waals surface area (Å²) in [7, 11) is -2.34. The highest BCUT2D eigenvalue weighted by atomic mass is 32.2. The molecular weight excluding hydrogens is 512 g/mol. The number of anilines is 1. The maximum Gasteiger partial charge on any atom is 0.264 e. The van der Waals surface area contributed by atoms with Crippen LogP contribution in [-0.4, -0.2) is 34.1 Å². The minimum atomic E-state index is -3.96. The van der Waals surface area contributed by atoms with Crippen LogP contribution in [0.4, 0.5) is 5.69 Å². The van der Waals surface area contributed by atoms with E-state index in [1.165, 1.54) is 4.31 Å². The quantitative estimate of drug-likeness (QED) is 0.400. The van der Waals surface area contributed by atoms with E-state index in [9.17, 15) is 13.2 Å². The Morgan fingerprint density at radius 1 is 1.08 bits per heavy atom. The first-order valence-corrected chi connectivity index (χ1v) is 14.6. The molecule has 0 spiro atoms. The predicted octanol–water partition coefficient (Wildman–Crippen LogP) is 5.83. The maximum atomic E-state index is 13.9. The molecule has 0 radical (unpaired) electrons. The number of fused-ring (bicyclic) bond motifs is 1. The Bertz CT molecular complexity index is 1460. The molecule has 1 aliphatic heterocycles. The summed E-state index contributed by atoms with van der Waals surface area (Å²) in [6, 6.07) is 17.8. The molecule has 0 unspecified atom stereocenters. The average Bonchev–Trinajstić information content (AvgIpc) is 2.90. The highest BCUT2D eigenvalue weighted by Gasteiger charge is 2.38. The van der Waals surface area contributed by atoms with E-state index in [0.29, 0.717) is 17.9 Å². The largest absolute Gasteiger partial charge is 0.496 e. The van der Waals surface area contributed by atoms with Crippen LogP contribution >= 0.6 is 0 Å². The van der Waals surface area contributed by atoms with Crippen LogP contribution < -0.4 is 19.1 Å². The summed E-state index contributed by atoms with van der Waals surface area (Å²) in [5.41, 5.74) is 4.08. The van der Waals surface area contributed by atoms with Crippen molar-refractivity contribution in [2.75, 3.05) is 18.0 Å². The molecule has 1 N–H and O–H groups in total. The summed E-state index contributed by atoms with van der Waals surface area (Å²) in [4.78, 5) is 13.7. The third-order valence-corrected chi connectivity index (χ3v) is 8.94. The van der Waals surface area contributed by atoms with Gasteiger partial charge < -0.3 is 14.8 Å².